The summed E-state index contributed by atoms with van der Waals surface area (Å²) in [5.74, 6) is 0.855. The molecule has 2 aromatic carbocycles. The first-order chi connectivity index (χ1) is 15.2. The molecule has 32 heavy (non-hydrogen) atoms. The number of hydrogen-bond acceptors (Lipinski definition) is 5. The van der Waals surface area contributed by atoms with Crippen molar-refractivity contribution < 1.29 is 19.1 Å². The van der Waals surface area contributed by atoms with E-state index in [1.54, 1.807) is 18.2 Å². The third-order valence-electron chi connectivity index (χ3n) is 4.22. The zero-order valence-electron chi connectivity index (χ0n) is 18.5. The fourth-order valence-corrected chi connectivity index (χ4v) is 3.03. The largest absolute Gasteiger partial charge is 0.492 e. The van der Waals surface area contributed by atoms with E-state index in [0.717, 1.165) is 4.47 Å². The van der Waals surface area contributed by atoms with Gasteiger partial charge in [-0.25, -0.2) is 0 Å². The molecule has 2 amide bonds. The Balaban J connectivity index is 1.82. The lowest BCUT2D eigenvalue weighted by Gasteiger charge is -2.15. The quantitative estimate of drug-likeness (QED) is 0.354. The van der Waals surface area contributed by atoms with Crippen molar-refractivity contribution in [1.82, 2.24) is 16.2 Å². The van der Waals surface area contributed by atoms with Gasteiger partial charge in [0.25, 0.3) is 11.8 Å². The molecular formula is C23H28BrN3O4S. The van der Waals surface area contributed by atoms with E-state index in [4.69, 9.17) is 21.7 Å². The molecule has 2 aromatic rings. The van der Waals surface area contributed by atoms with Gasteiger partial charge in [-0.1, -0.05) is 55.8 Å². The lowest BCUT2D eigenvalue weighted by molar-refractivity contribution is -0.123. The van der Waals surface area contributed by atoms with Gasteiger partial charge in [0.05, 0.1) is 12.2 Å². The first kappa shape index (κ1) is 25.6. The lowest BCUT2D eigenvalue weighted by atomic mass is 10.0. The maximum absolute atomic E-state index is 12.6. The van der Waals surface area contributed by atoms with Crippen molar-refractivity contribution in [2.45, 2.75) is 33.6 Å². The molecule has 0 bridgehead atoms. The normalized spacial score (nSPS) is 10.6. The molecular weight excluding hydrogens is 494 g/mol. The summed E-state index contributed by atoms with van der Waals surface area (Å²) >= 11 is 8.45. The number of ether oxygens (including phenoxy) is 2. The van der Waals surface area contributed by atoms with Gasteiger partial charge in [0.1, 0.15) is 11.5 Å². The summed E-state index contributed by atoms with van der Waals surface area (Å²) < 4.78 is 11.9. The van der Waals surface area contributed by atoms with Gasteiger partial charge in [0, 0.05) is 4.47 Å². The van der Waals surface area contributed by atoms with Crippen molar-refractivity contribution in [2.75, 3.05) is 13.2 Å². The summed E-state index contributed by atoms with van der Waals surface area (Å²) in [6.45, 7) is 8.51. The molecule has 0 heterocycles. The molecule has 0 aliphatic carbocycles. The van der Waals surface area contributed by atoms with Crippen LogP contribution in [0.3, 0.4) is 0 Å². The fraction of sp³-hybridized carbons (Fsp3) is 0.348. The molecule has 0 spiro atoms. The number of rotatable bonds is 8. The summed E-state index contributed by atoms with van der Waals surface area (Å²) in [7, 11) is 0. The number of benzene rings is 2. The molecule has 0 aliphatic rings. The van der Waals surface area contributed by atoms with E-state index < -0.39 is 11.8 Å². The summed E-state index contributed by atoms with van der Waals surface area (Å²) in [5.41, 5.74) is 6.40. The van der Waals surface area contributed by atoms with Crippen LogP contribution in [0.4, 0.5) is 0 Å². The number of halogens is 1. The second-order valence-corrected chi connectivity index (χ2v) is 9.14. The molecule has 0 atom stereocenters. The Hall–Kier alpha value is -2.65. The minimum absolute atomic E-state index is 0.0561. The van der Waals surface area contributed by atoms with Crippen LogP contribution in [0.15, 0.2) is 46.9 Å². The molecule has 0 unspecified atom stereocenters. The van der Waals surface area contributed by atoms with Gasteiger partial charge in [0.15, 0.2) is 11.7 Å². The Labute approximate surface area is 202 Å². The predicted octanol–water partition coefficient (Wildman–Crippen LogP) is 4.32. The van der Waals surface area contributed by atoms with Crippen molar-refractivity contribution in [1.29, 1.82) is 0 Å². The van der Waals surface area contributed by atoms with Gasteiger partial charge >= 0.3 is 0 Å². The van der Waals surface area contributed by atoms with E-state index in [0.29, 0.717) is 35.5 Å². The van der Waals surface area contributed by atoms with Crippen molar-refractivity contribution in [3.8, 4) is 11.5 Å². The number of carbonyl (C=O) groups excluding carboxylic acids is 2. The third-order valence-corrected chi connectivity index (χ3v) is 4.91. The topological polar surface area (TPSA) is 88.7 Å². The number of nitrogens with one attached hydrogen (secondary N) is 3. The third kappa shape index (κ3) is 8.47. The number of hydrogen-bond donors (Lipinski definition) is 3. The zero-order valence-corrected chi connectivity index (χ0v) is 20.9. The number of hydrazine groups is 1. The van der Waals surface area contributed by atoms with Crippen LogP contribution in [-0.2, 0) is 4.79 Å². The van der Waals surface area contributed by atoms with Crippen LogP contribution in [-0.4, -0.2) is 30.1 Å². The minimum atomic E-state index is -0.460. The van der Waals surface area contributed by atoms with Gasteiger partial charge in [-0.15, -0.1) is 0 Å². The van der Waals surface area contributed by atoms with Crippen molar-refractivity contribution in [3.05, 3.63) is 58.1 Å². The van der Waals surface area contributed by atoms with Crippen LogP contribution in [0.1, 0.15) is 49.5 Å². The van der Waals surface area contributed by atoms with Crippen molar-refractivity contribution in [3.63, 3.8) is 0 Å². The smallest absolute Gasteiger partial charge is 0.276 e. The molecule has 0 radical (unpaired) electrons. The van der Waals surface area contributed by atoms with Gasteiger partial charge in [-0.05, 0) is 59.9 Å². The average molecular weight is 522 g/mol. The number of thiocarbonyl (C=S) groups is 1. The van der Waals surface area contributed by atoms with Crippen LogP contribution in [0, 0.1) is 5.92 Å². The van der Waals surface area contributed by atoms with Gasteiger partial charge in [0.2, 0.25) is 0 Å². The first-order valence-corrected chi connectivity index (χ1v) is 11.4. The average Bonchev–Trinajstić information content (AvgIpc) is 2.75. The van der Waals surface area contributed by atoms with E-state index >= 15 is 0 Å². The SMILES string of the molecule is CC(C)COc1ccc(Br)cc1C(=O)NC(=S)NNC(=O)COc1ccc(C(C)C)cc1. The first-order valence-electron chi connectivity index (χ1n) is 10.2. The van der Waals surface area contributed by atoms with Crippen LogP contribution < -0.4 is 25.6 Å². The Morgan fingerprint density at radius 1 is 1.00 bits per heavy atom. The highest BCUT2D eigenvalue weighted by molar-refractivity contribution is 9.10. The molecule has 172 valence electrons. The Bertz CT molecular complexity index is 949. The van der Waals surface area contributed by atoms with Crippen LogP contribution in [0.2, 0.25) is 0 Å². The summed E-state index contributed by atoms with van der Waals surface area (Å²) in [5, 5.41) is 2.47. The molecule has 0 saturated carbocycles. The number of amides is 2. The van der Waals surface area contributed by atoms with E-state index in [2.05, 4.69) is 45.9 Å². The molecule has 3 N–H and O–H groups in total. The fourth-order valence-electron chi connectivity index (χ4n) is 2.52. The standard InChI is InChI=1S/C23H28BrN3O4S/c1-14(2)12-31-20-10-7-17(24)11-19(20)22(29)25-23(32)27-26-21(28)13-30-18-8-5-16(6-9-18)15(3)4/h5-11,14-15H,12-13H2,1-4H3,(H,26,28)(H2,25,27,29,32). The van der Waals surface area contributed by atoms with Gasteiger partial charge < -0.3 is 9.47 Å². The Morgan fingerprint density at radius 3 is 2.31 bits per heavy atom. The Kier molecular flexibility index (Phi) is 9.93. The summed E-state index contributed by atoms with van der Waals surface area (Å²) in [6, 6.07) is 12.7. The summed E-state index contributed by atoms with van der Waals surface area (Å²) in [6.07, 6.45) is 0. The van der Waals surface area contributed by atoms with E-state index in [1.807, 2.05) is 38.1 Å². The number of carbonyl (C=O) groups is 2. The molecule has 0 aromatic heterocycles. The van der Waals surface area contributed by atoms with E-state index in [1.165, 1.54) is 5.56 Å². The zero-order chi connectivity index (χ0) is 23.7. The molecule has 0 saturated heterocycles. The van der Waals surface area contributed by atoms with Gasteiger partial charge in [-0.2, -0.15) is 0 Å². The molecule has 0 fully saturated rings. The second-order valence-electron chi connectivity index (χ2n) is 7.81. The predicted molar refractivity (Wildman–Crippen MR) is 132 cm³/mol. The highest BCUT2D eigenvalue weighted by Crippen LogP contribution is 2.24. The maximum Gasteiger partial charge on any atom is 0.276 e. The summed E-state index contributed by atoms with van der Waals surface area (Å²) in [4.78, 5) is 24.6. The molecule has 9 heteroatoms. The van der Waals surface area contributed by atoms with Crippen molar-refractivity contribution >= 4 is 45.1 Å². The minimum Gasteiger partial charge on any atom is -0.492 e. The highest BCUT2D eigenvalue weighted by Gasteiger charge is 2.15. The second kappa shape index (κ2) is 12.4. The van der Waals surface area contributed by atoms with Crippen LogP contribution >= 0.6 is 28.1 Å². The van der Waals surface area contributed by atoms with E-state index in [-0.39, 0.29) is 11.7 Å². The van der Waals surface area contributed by atoms with Crippen LogP contribution in [0.5, 0.6) is 11.5 Å². The molecule has 2 rings (SSSR count). The maximum atomic E-state index is 12.6. The lowest BCUT2D eigenvalue weighted by Crippen LogP contribution is -2.49. The highest BCUT2D eigenvalue weighted by atomic mass is 79.9. The Morgan fingerprint density at radius 2 is 1.69 bits per heavy atom. The van der Waals surface area contributed by atoms with Gasteiger partial charge in [-0.3, -0.25) is 25.8 Å². The monoisotopic (exact) mass is 521 g/mol. The molecule has 7 nitrogen and oxygen atoms in total. The molecule has 0 aliphatic heterocycles. The van der Waals surface area contributed by atoms with Crippen LogP contribution in [0.25, 0.3) is 0 Å². The van der Waals surface area contributed by atoms with Crippen molar-refractivity contribution in [2.24, 2.45) is 5.92 Å². The van der Waals surface area contributed by atoms with E-state index in [9.17, 15) is 9.59 Å².